The first-order valence-corrected chi connectivity index (χ1v) is 9.77. The molecule has 3 N–H and O–H groups in total. The van der Waals surface area contributed by atoms with Crippen molar-refractivity contribution >= 4 is 23.2 Å². The molecule has 0 aliphatic carbocycles. The molecule has 1 atom stereocenters. The number of carbonyl (C=O) groups is 2. The van der Waals surface area contributed by atoms with Crippen LogP contribution >= 0.6 is 0 Å². The van der Waals surface area contributed by atoms with E-state index >= 15 is 0 Å². The molecule has 0 aliphatic heterocycles. The van der Waals surface area contributed by atoms with Crippen molar-refractivity contribution in [3.8, 4) is 0 Å². The van der Waals surface area contributed by atoms with Gasteiger partial charge in [0.05, 0.1) is 6.54 Å². The van der Waals surface area contributed by atoms with Crippen LogP contribution in [0.3, 0.4) is 0 Å². The van der Waals surface area contributed by atoms with E-state index in [9.17, 15) is 9.59 Å². The third-order valence-corrected chi connectivity index (χ3v) is 4.60. The standard InChI is InChI=1S/C23H31N3O2/c1-15(2)18-6-8-19(9-7-18)23(16(3)4)24-14-22(28)26-21-12-10-20(11-13-21)25-17(5)27/h6-13,15-16,23-24H,14H2,1-5H3,(H,25,27)(H,26,28)/t23-/m1/s1. The lowest BCUT2D eigenvalue weighted by Crippen LogP contribution is -2.33. The Kier molecular flexibility index (Phi) is 7.76. The SMILES string of the molecule is CC(=O)Nc1ccc(NC(=O)CN[C@@H](c2ccc(C(C)C)cc2)C(C)C)cc1. The molecule has 2 aromatic rings. The van der Waals surface area contributed by atoms with Gasteiger partial charge in [0.15, 0.2) is 0 Å². The van der Waals surface area contributed by atoms with Crippen LogP contribution in [0.4, 0.5) is 11.4 Å². The molecule has 0 unspecified atom stereocenters. The predicted octanol–water partition coefficient (Wildman–Crippen LogP) is 4.69. The van der Waals surface area contributed by atoms with Gasteiger partial charge in [-0.1, -0.05) is 52.0 Å². The maximum atomic E-state index is 12.3. The van der Waals surface area contributed by atoms with E-state index in [1.54, 1.807) is 24.3 Å². The summed E-state index contributed by atoms with van der Waals surface area (Å²) in [5, 5.41) is 8.95. The van der Waals surface area contributed by atoms with Crippen LogP contribution in [-0.2, 0) is 9.59 Å². The second-order valence-corrected chi connectivity index (χ2v) is 7.73. The summed E-state index contributed by atoms with van der Waals surface area (Å²) in [5.74, 6) is 0.635. The number of rotatable bonds is 8. The van der Waals surface area contributed by atoms with Gasteiger partial charge < -0.3 is 16.0 Å². The van der Waals surface area contributed by atoms with Crippen LogP contribution in [0.5, 0.6) is 0 Å². The molecule has 0 aromatic heterocycles. The molecule has 150 valence electrons. The van der Waals surface area contributed by atoms with E-state index in [0.717, 1.165) is 0 Å². The number of carbonyl (C=O) groups excluding carboxylic acids is 2. The van der Waals surface area contributed by atoms with Crippen LogP contribution < -0.4 is 16.0 Å². The van der Waals surface area contributed by atoms with Crippen LogP contribution in [0.15, 0.2) is 48.5 Å². The van der Waals surface area contributed by atoms with Gasteiger partial charge in [0, 0.05) is 24.3 Å². The lowest BCUT2D eigenvalue weighted by Gasteiger charge is -2.23. The normalized spacial score (nSPS) is 12.1. The van der Waals surface area contributed by atoms with Gasteiger partial charge in [-0.15, -0.1) is 0 Å². The highest BCUT2D eigenvalue weighted by Crippen LogP contribution is 2.24. The molecule has 28 heavy (non-hydrogen) atoms. The van der Waals surface area contributed by atoms with E-state index in [2.05, 4.69) is 67.9 Å². The van der Waals surface area contributed by atoms with Crippen molar-refractivity contribution in [2.24, 2.45) is 5.92 Å². The molecule has 2 aromatic carbocycles. The maximum Gasteiger partial charge on any atom is 0.238 e. The van der Waals surface area contributed by atoms with Gasteiger partial charge in [-0.3, -0.25) is 9.59 Å². The average Bonchev–Trinajstić information content (AvgIpc) is 2.63. The minimum absolute atomic E-state index is 0.100. The van der Waals surface area contributed by atoms with Crippen LogP contribution in [0.2, 0.25) is 0 Å². The van der Waals surface area contributed by atoms with Gasteiger partial charge in [0.25, 0.3) is 0 Å². The summed E-state index contributed by atoms with van der Waals surface area (Å²) in [7, 11) is 0. The summed E-state index contributed by atoms with van der Waals surface area (Å²) in [5.41, 5.74) is 3.90. The Morgan fingerprint density at radius 3 is 1.75 bits per heavy atom. The fraction of sp³-hybridized carbons (Fsp3) is 0.391. The van der Waals surface area contributed by atoms with Crippen molar-refractivity contribution in [3.05, 3.63) is 59.7 Å². The maximum absolute atomic E-state index is 12.3. The average molecular weight is 382 g/mol. The molecule has 0 spiro atoms. The smallest absolute Gasteiger partial charge is 0.238 e. The number of hydrogen-bond acceptors (Lipinski definition) is 3. The fourth-order valence-electron chi connectivity index (χ4n) is 3.07. The molecule has 0 bridgehead atoms. The van der Waals surface area contributed by atoms with Crippen LogP contribution in [0.25, 0.3) is 0 Å². The van der Waals surface area contributed by atoms with Crippen LogP contribution in [0.1, 0.15) is 57.7 Å². The van der Waals surface area contributed by atoms with Crippen LogP contribution in [0, 0.1) is 5.92 Å². The summed E-state index contributed by atoms with van der Waals surface area (Å²) in [6.07, 6.45) is 0. The van der Waals surface area contributed by atoms with Gasteiger partial charge in [0.1, 0.15) is 0 Å². The molecule has 0 saturated heterocycles. The number of amides is 2. The van der Waals surface area contributed by atoms with E-state index in [1.165, 1.54) is 18.1 Å². The first-order valence-electron chi connectivity index (χ1n) is 9.77. The summed E-state index contributed by atoms with van der Waals surface area (Å²) in [6.45, 7) is 10.3. The fourth-order valence-corrected chi connectivity index (χ4v) is 3.07. The Hall–Kier alpha value is -2.66. The zero-order valence-electron chi connectivity index (χ0n) is 17.4. The van der Waals surface area contributed by atoms with Gasteiger partial charge >= 0.3 is 0 Å². The van der Waals surface area contributed by atoms with Crippen molar-refractivity contribution in [1.29, 1.82) is 0 Å². The second-order valence-electron chi connectivity index (χ2n) is 7.73. The quantitative estimate of drug-likeness (QED) is 0.621. The molecule has 2 rings (SSSR count). The summed E-state index contributed by atoms with van der Waals surface area (Å²) in [4.78, 5) is 23.4. The van der Waals surface area contributed by atoms with E-state index < -0.39 is 0 Å². The van der Waals surface area contributed by atoms with E-state index in [0.29, 0.717) is 23.2 Å². The summed E-state index contributed by atoms with van der Waals surface area (Å²) < 4.78 is 0. The van der Waals surface area contributed by atoms with Gasteiger partial charge in [-0.2, -0.15) is 0 Å². The number of benzene rings is 2. The third kappa shape index (κ3) is 6.50. The van der Waals surface area contributed by atoms with Crippen LogP contribution in [-0.4, -0.2) is 18.4 Å². The molecule has 5 nitrogen and oxygen atoms in total. The van der Waals surface area contributed by atoms with Crippen molar-refractivity contribution in [2.75, 3.05) is 17.2 Å². The molecular weight excluding hydrogens is 350 g/mol. The van der Waals surface area contributed by atoms with Gasteiger partial charge in [0.2, 0.25) is 11.8 Å². The highest BCUT2D eigenvalue weighted by molar-refractivity contribution is 5.93. The van der Waals surface area contributed by atoms with Gasteiger partial charge in [-0.05, 0) is 47.2 Å². The van der Waals surface area contributed by atoms with Crippen molar-refractivity contribution in [3.63, 3.8) is 0 Å². The lowest BCUT2D eigenvalue weighted by atomic mass is 9.93. The molecule has 0 aliphatic rings. The topological polar surface area (TPSA) is 70.2 Å². The van der Waals surface area contributed by atoms with Crippen molar-refractivity contribution < 1.29 is 9.59 Å². The third-order valence-electron chi connectivity index (χ3n) is 4.60. The Bertz CT molecular complexity index is 780. The first kappa shape index (κ1) is 21.6. The molecule has 0 fully saturated rings. The second kappa shape index (κ2) is 10.0. The van der Waals surface area contributed by atoms with Crippen molar-refractivity contribution in [1.82, 2.24) is 5.32 Å². The summed E-state index contributed by atoms with van der Waals surface area (Å²) >= 11 is 0. The first-order chi connectivity index (χ1) is 13.3. The van der Waals surface area contributed by atoms with E-state index in [4.69, 9.17) is 0 Å². The zero-order chi connectivity index (χ0) is 20.7. The monoisotopic (exact) mass is 381 g/mol. The highest BCUT2D eigenvalue weighted by atomic mass is 16.2. The number of anilines is 2. The Morgan fingerprint density at radius 2 is 1.29 bits per heavy atom. The largest absolute Gasteiger partial charge is 0.326 e. The van der Waals surface area contributed by atoms with E-state index in [-0.39, 0.29) is 24.4 Å². The molecule has 5 heteroatoms. The molecule has 0 radical (unpaired) electrons. The molecular formula is C23H31N3O2. The Balaban J connectivity index is 1.93. The number of nitrogens with one attached hydrogen (secondary N) is 3. The minimum atomic E-state index is -0.123. The number of hydrogen-bond donors (Lipinski definition) is 3. The highest BCUT2D eigenvalue weighted by Gasteiger charge is 2.17. The van der Waals surface area contributed by atoms with Gasteiger partial charge in [-0.25, -0.2) is 0 Å². The lowest BCUT2D eigenvalue weighted by molar-refractivity contribution is -0.116. The molecule has 0 saturated carbocycles. The Morgan fingerprint density at radius 1 is 0.786 bits per heavy atom. The molecule has 0 heterocycles. The van der Waals surface area contributed by atoms with Crippen molar-refractivity contribution in [2.45, 2.75) is 46.6 Å². The predicted molar refractivity (Wildman–Crippen MR) is 115 cm³/mol. The zero-order valence-corrected chi connectivity index (χ0v) is 17.4. The van der Waals surface area contributed by atoms with E-state index in [1.807, 2.05) is 0 Å². The Labute approximate surface area is 167 Å². The summed E-state index contributed by atoms with van der Waals surface area (Å²) in [6, 6.07) is 15.8. The minimum Gasteiger partial charge on any atom is -0.326 e. The molecule has 2 amide bonds.